The smallest absolute Gasteiger partial charge is 0.276 e. The van der Waals surface area contributed by atoms with Crippen LogP contribution in [0.5, 0.6) is 0 Å². The zero-order chi connectivity index (χ0) is 21.3. The highest BCUT2D eigenvalue weighted by atomic mass is 19.1. The summed E-state index contributed by atoms with van der Waals surface area (Å²) in [7, 11) is 0. The van der Waals surface area contributed by atoms with Crippen molar-refractivity contribution in [2.75, 3.05) is 13.2 Å². The van der Waals surface area contributed by atoms with Crippen molar-refractivity contribution in [2.45, 2.75) is 45.9 Å². The first kappa shape index (κ1) is 20.3. The largest absolute Gasteiger partial charge is 0.376 e. The zero-order valence-electron chi connectivity index (χ0n) is 17.2. The maximum atomic E-state index is 13.2. The Morgan fingerprint density at radius 2 is 2.03 bits per heavy atom. The van der Waals surface area contributed by atoms with Gasteiger partial charge in [0.1, 0.15) is 12.4 Å². The van der Waals surface area contributed by atoms with Crippen LogP contribution in [0.4, 0.5) is 4.39 Å². The molecule has 0 saturated carbocycles. The van der Waals surface area contributed by atoms with Crippen LogP contribution in [0.2, 0.25) is 0 Å². The summed E-state index contributed by atoms with van der Waals surface area (Å²) in [5, 5.41) is 8.34. The third-order valence-electron chi connectivity index (χ3n) is 5.70. The molecule has 1 unspecified atom stereocenters. The molecule has 1 fully saturated rings. The van der Waals surface area contributed by atoms with Crippen LogP contribution < -0.4 is 10.9 Å². The van der Waals surface area contributed by atoms with Gasteiger partial charge in [0, 0.05) is 36.5 Å². The summed E-state index contributed by atoms with van der Waals surface area (Å²) < 4.78 is 21.9. The number of amides is 1. The summed E-state index contributed by atoms with van der Waals surface area (Å²) >= 11 is 0. The quantitative estimate of drug-likeness (QED) is 0.674. The molecule has 1 amide bonds. The van der Waals surface area contributed by atoms with Crippen LogP contribution in [-0.4, -0.2) is 39.5 Å². The van der Waals surface area contributed by atoms with E-state index in [9.17, 15) is 14.0 Å². The van der Waals surface area contributed by atoms with Gasteiger partial charge in [-0.1, -0.05) is 12.1 Å². The van der Waals surface area contributed by atoms with Crippen LogP contribution in [-0.2, 0) is 22.6 Å². The van der Waals surface area contributed by atoms with E-state index in [1.165, 1.54) is 16.8 Å². The molecule has 2 aromatic heterocycles. The fourth-order valence-electron chi connectivity index (χ4n) is 3.99. The molecule has 1 aliphatic rings. The van der Waals surface area contributed by atoms with Crippen LogP contribution in [0, 0.1) is 19.7 Å². The second-order valence-corrected chi connectivity index (χ2v) is 7.72. The number of rotatable bonds is 6. The molecule has 0 aliphatic carbocycles. The molecule has 3 aromatic rings. The van der Waals surface area contributed by atoms with E-state index in [1.54, 1.807) is 18.3 Å². The van der Waals surface area contributed by atoms with Crippen LogP contribution in [0.25, 0.3) is 10.8 Å². The third-order valence-corrected chi connectivity index (χ3v) is 5.70. The van der Waals surface area contributed by atoms with Crippen molar-refractivity contribution in [1.29, 1.82) is 0 Å². The number of halogens is 1. The highest BCUT2D eigenvalue weighted by Crippen LogP contribution is 2.23. The summed E-state index contributed by atoms with van der Waals surface area (Å²) in [6.45, 7) is 5.37. The molecule has 158 valence electrons. The van der Waals surface area contributed by atoms with Crippen molar-refractivity contribution in [3.8, 4) is 0 Å². The fraction of sp³-hybridized carbons (Fsp3) is 0.409. The Hall–Kier alpha value is -3.00. The number of carbonyl (C=O) groups excluding carboxylic acids is 1. The summed E-state index contributed by atoms with van der Waals surface area (Å²) in [6, 6.07) is 6.31. The second kappa shape index (κ2) is 8.39. The first-order chi connectivity index (χ1) is 14.4. The van der Waals surface area contributed by atoms with Gasteiger partial charge < -0.3 is 14.6 Å². The molecule has 1 saturated heterocycles. The number of nitrogens with one attached hydrogen (secondary N) is 1. The molecule has 4 rings (SSSR count). The number of carbonyl (C=O) groups is 1. The number of aryl methyl sites for hydroxylation is 2. The maximum absolute atomic E-state index is 13.2. The standard InChI is InChI=1S/C22H25FN4O3/c1-14-19-11-25-27(13-20(28)24-10-18-4-3-9-30-18)22(29)21(19)15(2)26(14)12-16-5-7-17(23)8-6-16/h5-8,11,18H,3-4,9-10,12-13H2,1-2H3,(H,24,28). The minimum Gasteiger partial charge on any atom is -0.376 e. The number of nitrogens with zero attached hydrogens (tertiary/aromatic N) is 3. The minimum absolute atomic E-state index is 0.0477. The normalized spacial score (nSPS) is 16.3. The highest BCUT2D eigenvalue weighted by molar-refractivity contribution is 5.87. The molecule has 0 spiro atoms. The number of aromatic nitrogens is 3. The molecular weight excluding hydrogens is 387 g/mol. The van der Waals surface area contributed by atoms with Crippen molar-refractivity contribution in [1.82, 2.24) is 19.7 Å². The van der Waals surface area contributed by atoms with Crippen LogP contribution in [0.15, 0.2) is 35.3 Å². The first-order valence-corrected chi connectivity index (χ1v) is 10.1. The van der Waals surface area contributed by atoms with Gasteiger partial charge in [-0.3, -0.25) is 9.59 Å². The van der Waals surface area contributed by atoms with E-state index in [0.29, 0.717) is 18.5 Å². The van der Waals surface area contributed by atoms with Gasteiger partial charge in [-0.2, -0.15) is 5.10 Å². The molecule has 8 heteroatoms. The lowest BCUT2D eigenvalue weighted by molar-refractivity contribution is -0.122. The molecule has 1 aromatic carbocycles. The Morgan fingerprint density at radius 1 is 1.27 bits per heavy atom. The lowest BCUT2D eigenvalue weighted by Gasteiger charge is -2.11. The summed E-state index contributed by atoms with van der Waals surface area (Å²) in [6.07, 6.45) is 3.62. The summed E-state index contributed by atoms with van der Waals surface area (Å²) in [5.74, 6) is -0.547. The van der Waals surface area contributed by atoms with Crippen molar-refractivity contribution in [3.63, 3.8) is 0 Å². The summed E-state index contributed by atoms with van der Waals surface area (Å²) in [4.78, 5) is 25.3. The lowest BCUT2D eigenvalue weighted by atomic mass is 10.2. The van der Waals surface area contributed by atoms with E-state index in [4.69, 9.17) is 4.74 Å². The highest BCUT2D eigenvalue weighted by Gasteiger charge is 2.19. The second-order valence-electron chi connectivity index (χ2n) is 7.72. The molecular formula is C22H25FN4O3. The molecule has 1 atom stereocenters. The molecule has 0 radical (unpaired) electrons. The van der Waals surface area contributed by atoms with Crippen molar-refractivity contribution in [2.24, 2.45) is 0 Å². The fourth-order valence-corrected chi connectivity index (χ4v) is 3.99. The maximum Gasteiger partial charge on any atom is 0.276 e. The van der Waals surface area contributed by atoms with Crippen LogP contribution in [0.3, 0.4) is 0 Å². The van der Waals surface area contributed by atoms with Gasteiger partial charge in [0.2, 0.25) is 5.91 Å². The Balaban J connectivity index is 1.57. The van der Waals surface area contributed by atoms with Gasteiger partial charge in [0.05, 0.1) is 17.7 Å². The Labute approximate surface area is 173 Å². The third kappa shape index (κ3) is 4.00. The Morgan fingerprint density at radius 3 is 2.73 bits per heavy atom. The average Bonchev–Trinajstić information content (AvgIpc) is 3.33. The number of fused-ring (bicyclic) bond motifs is 1. The van der Waals surface area contributed by atoms with Crippen molar-refractivity contribution >= 4 is 16.7 Å². The lowest BCUT2D eigenvalue weighted by Crippen LogP contribution is -2.37. The van der Waals surface area contributed by atoms with Crippen molar-refractivity contribution < 1.29 is 13.9 Å². The van der Waals surface area contributed by atoms with Gasteiger partial charge in [-0.05, 0) is 44.4 Å². The van der Waals surface area contributed by atoms with Gasteiger partial charge in [-0.15, -0.1) is 0 Å². The van der Waals surface area contributed by atoms with Gasteiger partial charge >= 0.3 is 0 Å². The Bertz CT molecular complexity index is 1130. The van der Waals surface area contributed by atoms with E-state index in [-0.39, 0.29) is 29.9 Å². The molecule has 1 aliphatic heterocycles. The number of hydrogen-bond donors (Lipinski definition) is 1. The van der Waals surface area contributed by atoms with E-state index in [1.807, 2.05) is 18.4 Å². The predicted molar refractivity (Wildman–Crippen MR) is 111 cm³/mol. The molecule has 1 N–H and O–H groups in total. The van der Waals surface area contributed by atoms with E-state index in [0.717, 1.165) is 41.8 Å². The first-order valence-electron chi connectivity index (χ1n) is 10.1. The van der Waals surface area contributed by atoms with E-state index < -0.39 is 0 Å². The topological polar surface area (TPSA) is 78.2 Å². The minimum atomic E-state index is -0.293. The SMILES string of the molecule is Cc1c2cnn(CC(=O)NCC3CCCO3)c(=O)c2c(C)n1Cc1ccc(F)cc1. The van der Waals surface area contributed by atoms with E-state index >= 15 is 0 Å². The Kier molecular flexibility index (Phi) is 5.67. The molecule has 30 heavy (non-hydrogen) atoms. The zero-order valence-corrected chi connectivity index (χ0v) is 17.2. The molecule has 0 bridgehead atoms. The predicted octanol–water partition coefficient (Wildman–Crippen LogP) is 2.30. The summed E-state index contributed by atoms with van der Waals surface area (Å²) in [5.41, 5.74) is 2.35. The van der Waals surface area contributed by atoms with Gasteiger partial charge in [0.15, 0.2) is 0 Å². The van der Waals surface area contributed by atoms with Crippen LogP contribution >= 0.6 is 0 Å². The molecule has 7 nitrogen and oxygen atoms in total. The van der Waals surface area contributed by atoms with Gasteiger partial charge in [-0.25, -0.2) is 9.07 Å². The number of benzene rings is 1. The number of ether oxygens (including phenoxy) is 1. The number of hydrogen-bond acceptors (Lipinski definition) is 4. The van der Waals surface area contributed by atoms with Crippen molar-refractivity contribution in [3.05, 3.63) is 63.6 Å². The average molecular weight is 412 g/mol. The molecule has 3 heterocycles. The van der Waals surface area contributed by atoms with Gasteiger partial charge in [0.25, 0.3) is 5.56 Å². The van der Waals surface area contributed by atoms with Crippen LogP contribution in [0.1, 0.15) is 29.8 Å². The van der Waals surface area contributed by atoms with E-state index in [2.05, 4.69) is 10.4 Å². The monoisotopic (exact) mass is 412 g/mol.